The van der Waals surface area contributed by atoms with Crippen molar-refractivity contribution in [3.63, 3.8) is 0 Å². The van der Waals surface area contributed by atoms with Crippen LogP contribution in [0, 0.1) is 18.3 Å². The van der Waals surface area contributed by atoms with Gasteiger partial charge in [-0.1, -0.05) is 12.1 Å². The van der Waals surface area contributed by atoms with Gasteiger partial charge in [0, 0.05) is 12.2 Å². The van der Waals surface area contributed by atoms with Gasteiger partial charge in [0.15, 0.2) is 0 Å². The molecule has 36 heavy (non-hydrogen) atoms. The fourth-order valence-corrected chi connectivity index (χ4v) is 4.68. The topological polar surface area (TPSA) is 146 Å². The summed E-state index contributed by atoms with van der Waals surface area (Å²) in [6.07, 6.45) is 1.03. The molecule has 184 valence electrons. The maximum Gasteiger partial charge on any atom is 0.335 e. The van der Waals surface area contributed by atoms with Gasteiger partial charge in [-0.25, -0.2) is 27.4 Å². The molecule has 4 aromatic rings. The van der Waals surface area contributed by atoms with E-state index in [4.69, 9.17) is 10.4 Å². The third-order valence-corrected chi connectivity index (χ3v) is 6.65. The predicted molar refractivity (Wildman–Crippen MR) is 130 cm³/mol. The van der Waals surface area contributed by atoms with E-state index in [9.17, 15) is 22.4 Å². The first-order chi connectivity index (χ1) is 17.1. The van der Waals surface area contributed by atoms with Crippen LogP contribution in [-0.4, -0.2) is 27.3 Å². The van der Waals surface area contributed by atoms with Gasteiger partial charge in [0.2, 0.25) is 10.0 Å². The molecule has 2 aromatic carbocycles. The zero-order valence-corrected chi connectivity index (χ0v) is 20.2. The van der Waals surface area contributed by atoms with Crippen molar-refractivity contribution >= 4 is 10.0 Å². The number of hydrogen-bond donors (Lipinski definition) is 1. The van der Waals surface area contributed by atoms with Crippen LogP contribution in [0.15, 0.2) is 69.2 Å². The van der Waals surface area contributed by atoms with Crippen LogP contribution in [0.4, 0.5) is 4.39 Å². The summed E-state index contributed by atoms with van der Waals surface area (Å²) < 4.78 is 41.8. The number of nitrogens with zero attached hydrogens (tertiary/aromatic N) is 5. The molecule has 2 aromatic heterocycles. The maximum atomic E-state index is 13.6. The van der Waals surface area contributed by atoms with Gasteiger partial charge < -0.3 is 0 Å². The van der Waals surface area contributed by atoms with E-state index < -0.39 is 32.8 Å². The van der Waals surface area contributed by atoms with E-state index in [1.54, 1.807) is 25.1 Å². The van der Waals surface area contributed by atoms with Crippen molar-refractivity contribution in [1.82, 2.24) is 18.9 Å². The molecule has 0 aliphatic carbocycles. The number of aromatic nitrogens is 4. The normalized spacial score (nSPS) is 11.4. The molecule has 4 rings (SSSR count). The van der Waals surface area contributed by atoms with Gasteiger partial charge in [0.05, 0.1) is 34.8 Å². The third kappa shape index (κ3) is 4.15. The van der Waals surface area contributed by atoms with Gasteiger partial charge in [-0.05, 0) is 55.8 Å². The summed E-state index contributed by atoms with van der Waals surface area (Å²) in [6.45, 7) is 2.32. The number of nitriles is 1. The Morgan fingerprint density at radius 2 is 1.81 bits per heavy atom. The summed E-state index contributed by atoms with van der Waals surface area (Å²) in [7, 11) is -4.35. The minimum Gasteiger partial charge on any atom is -0.268 e. The molecule has 0 atom stereocenters. The van der Waals surface area contributed by atoms with Crippen molar-refractivity contribution < 1.29 is 12.8 Å². The molecule has 0 radical (unpaired) electrons. The van der Waals surface area contributed by atoms with Crippen LogP contribution in [0.1, 0.15) is 23.7 Å². The second kappa shape index (κ2) is 9.37. The fourth-order valence-electron chi connectivity index (χ4n) is 4.03. The van der Waals surface area contributed by atoms with E-state index in [1.165, 1.54) is 46.5 Å². The molecule has 12 heteroatoms. The van der Waals surface area contributed by atoms with E-state index in [1.807, 2.05) is 6.07 Å². The molecule has 0 saturated heterocycles. The van der Waals surface area contributed by atoms with Crippen LogP contribution in [0.5, 0.6) is 0 Å². The highest BCUT2D eigenvalue weighted by Gasteiger charge is 2.28. The molecule has 0 aliphatic rings. The highest BCUT2D eigenvalue weighted by Crippen LogP contribution is 2.30. The van der Waals surface area contributed by atoms with Gasteiger partial charge in [-0.2, -0.15) is 10.4 Å². The Morgan fingerprint density at radius 3 is 2.39 bits per heavy atom. The molecular weight excluding hydrogens is 487 g/mol. The maximum absolute atomic E-state index is 13.6. The fraction of sp³-hybridized carbons (Fsp3) is 0.167. The second-order valence-electron chi connectivity index (χ2n) is 7.90. The highest BCUT2D eigenvalue weighted by atomic mass is 32.2. The monoisotopic (exact) mass is 508 g/mol. The summed E-state index contributed by atoms with van der Waals surface area (Å²) in [5.41, 5.74) is -0.191. The molecule has 0 spiro atoms. The summed E-state index contributed by atoms with van der Waals surface area (Å²) >= 11 is 0. The van der Waals surface area contributed by atoms with Crippen molar-refractivity contribution in [3.8, 4) is 28.7 Å². The number of primary sulfonamides is 1. The Bertz CT molecular complexity index is 1750. The summed E-state index contributed by atoms with van der Waals surface area (Å²) in [5.74, 6) is 0. The Morgan fingerprint density at radius 1 is 1.11 bits per heavy atom. The molecule has 2 N–H and O–H groups in total. The van der Waals surface area contributed by atoms with Crippen LogP contribution in [0.25, 0.3) is 22.6 Å². The van der Waals surface area contributed by atoms with E-state index in [2.05, 4.69) is 5.10 Å². The smallest absolute Gasteiger partial charge is 0.268 e. The first-order valence-electron chi connectivity index (χ1n) is 10.8. The highest BCUT2D eigenvalue weighted by molar-refractivity contribution is 7.89. The minimum atomic E-state index is -4.35. The summed E-state index contributed by atoms with van der Waals surface area (Å²) in [6, 6.07) is 14.3. The quantitative estimate of drug-likeness (QED) is 0.422. The largest absolute Gasteiger partial charge is 0.335 e. The second-order valence-corrected chi connectivity index (χ2v) is 9.43. The number of sulfonamides is 1. The van der Waals surface area contributed by atoms with Crippen LogP contribution in [-0.2, 0) is 23.2 Å². The lowest BCUT2D eigenvalue weighted by Gasteiger charge is -2.18. The Balaban J connectivity index is 2.16. The van der Waals surface area contributed by atoms with Gasteiger partial charge in [-0.15, -0.1) is 0 Å². The molecule has 0 amide bonds. The van der Waals surface area contributed by atoms with Crippen LogP contribution in [0.2, 0.25) is 0 Å². The average molecular weight is 509 g/mol. The molecular formula is C24H21FN6O4S. The van der Waals surface area contributed by atoms with E-state index in [0.717, 1.165) is 10.8 Å². The molecule has 0 saturated carbocycles. The minimum absolute atomic E-state index is 0.0105. The molecule has 0 aliphatic heterocycles. The van der Waals surface area contributed by atoms with Gasteiger partial charge in [-0.3, -0.25) is 13.9 Å². The lowest BCUT2D eigenvalue weighted by atomic mass is 10.1. The number of alkyl halides is 1. The van der Waals surface area contributed by atoms with Crippen molar-refractivity contribution in [2.75, 3.05) is 0 Å². The number of nitrogens with two attached hydrogens (primary N) is 1. The zero-order chi connectivity index (χ0) is 26.2. The average Bonchev–Trinajstić information content (AvgIpc) is 3.30. The first-order valence-corrected chi connectivity index (χ1v) is 12.3. The molecule has 0 bridgehead atoms. The van der Waals surface area contributed by atoms with Crippen molar-refractivity contribution in [2.24, 2.45) is 5.14 Å². The van der Waals surface area contributed by atoms with Crippen LogP contribution < -0.4 is 16.4 Å². The Hall–Kier alpha value is -4.34. The first kappa shape index (κ1) is 24.8. The molecule has 0 fully saturated rings. The molecule has 0 unspecified atom stereocenters. The van der Waals surface area contributed by atoms with Crippen molar-refractivity contribution in [1.29, 1.82) is 5.26 Å². The Labute approximate surface area is 205 Å². The van der Waals surface area contributed by atoms with Gasteiger partial charge in [0.1, 0.15) is 17.3 Å². The lowest BCUT2D eigenvalue weighted by Crippen LogP contribution is -2.41. The van der Waals surface area contributed by atoms with Crippen molar-refractivity contribution in [2.45, 2.75) is 32.0 Å². The number of benzene rings is 2. The number of rotatable bonds is 6. The van der Waals surface area contributed by atoms with Crippen LogP contribution in [0.3, 0.4) is 0 Å². The molecule has 2 heterocycles. The van der Waals surface area contributed by atoms with E-state index in [-0.39, 0.29) is 23.5 Å². The van der Waals surface area contributed by atoms with Crippen molar-refractivity contribution in [3.05, 3.63) is 92.4 Å². The van der Waals surface area contributed by atoms with E-state index in [0.29, 0.717) is 22.5 Å². The lowest BCUT2D eigenvalue weighted by molar-refractivity contribution is 0.485. The Kier molecular flexibility index (Phi) is 6.45. The number of halogens is 1. The standard InChI is InChI=1S/C24H21FN6O4S/c1-3-29-23(32)21(15(2)30(24(29)33)19-6-4-5-17(11-19)12-25)22-20(36(27,34)35)14-28-31(22)18-9-7-16(13-26)8-10-18/h4-11,14H,3,12H2,1-2H3,(H2,27,34,35). The van der Waals surface area contributed by atoms with Crippen LogP contribution >= 0.6 is 0 Å². The SMILES string of the molecule is CCn1c(=O)c(-c2c(S(N)(=O)=O)cnn2-c2ccc(C#N)cc2)c(C)n(-c2cccc(CF)c2)c1=O. The number of hydrogen-bond acceptors (Lipinski definition) is 6. The molecule has 10 nitrogen and oxygen atoms in total. The zero-order valence-electron chi connectivity index (χ0n) is 19.3. The van der Waals surface area contributed by atoms with Gasteiger partial charge >= 0.3 is 5.69 Å². The third-order valence-electron chi connectivity index (χ3n) is 5.74. The van der Waals surface area contributed by atoms with E-state index >= 15 is 0 Å². The predicted octanol–water partition coefficient (Wildman–Crippen LogP) is 2.17. The summed E-state index contributed by atoms with van der Waals surface area (Å²) in [4.78, 5) is 26.5. The summed E-state index contributed by atoms with van der Waals surface area (Å²) in [5, 5.41) is 18.7. The van der Waals surface area contributed by atoms with Gasteiger partial charge in [0.25, 0.3) is 5.56 Å².